The Morgan fingerprint density at radius 3 is 2.89 bits per heavy atom. The number of aliphatic hydroxyl groups is 1. The van der Waals surface area contributed by atoms with Crippen LogP contribution in [0.2, 0.25) is 0 Å². The highest BCUT2D eigenvalue weighted by Gasteiger charge is 2.31. The molecule has 1 aliphatic heterocycles. The maximum atomic E-state index is 12.2. The molecule has 2 N–H and O–H groups in total. The van der Waals surface area contributed by atoms with Gasteiger partial charge in [0.15, 0.2) is 0 Å². The molecule has 0 radical (unpaired) electrons. The number of thioether (sulfide) groups is 1. The zero-order valence-corrected chi connectivity index (χ0v) is 12.8. The summed E-state index contributed by atoms with van der Waals surface area (Å²) in [7, 11) is 0. The summed E-state index contributed by atoms with van der Waals surface area (Å²) in [5.74, 6) is 1.41. The third-order valence-electron chi connectivity index (χ3n) is 4.31. The lowest BCUT2D eigenvalue weighted by molar-refractivity contribution is 0.129. The van der Waals surface area contributed by atoms with Crippen molar-refractivity contribution in [3.63, 3.8) is 0 Å². The Bertz CT molecular complexity index is 312. The molecule has 2 aliphatic rings. The maximum absolute atomic E-state index is 12.2. The Labute approximate surface area is 120 Å². The lowest BCUT2D eigenvalue weighted by Crippen LogP contribution is -2.43. The fourth-order valence-electron chi connectivity index (χ4n) is 3.09. The van der Waals surface area contributed by atoms with Crippen LogP contribution < -0.4 is 5.32 Å². The largest absolute Gasteiger partial charge is 0.393 e. The lowest BCUT2D eigenvalue weighted by atomic mass is 10.0. The van der Waals surface area contributed by atoms with E-state index in [0.29, 0.717) is 12.6 Å². The molecule has 4 atom stereocenters. The van der Waals surface area contributed by atoms with Gasteiger partial charge in [-0.3, -0.25) is 0 Å². The highest BCUT2D eigenvalue weighted by atomic mass is 32.2. The Kier molecular flexibility index (Phi) is 5.39. The fraction of sp³-hybridized carbons (Fsp3) is 0.929. The van der Waals surface area contributed by atoms with Crippen molar-refractivity contribution in [2.24, 2.45) is 5.92 Å². The molecule has 2 amide bonds. The molecule has 19 heavy (non-hydrogen) atoms. The third kappa shape index (κ3) is 4.02. The smallest absolute Gasteiger partial charge is 0.317 e. The molecule has 2 rings (SSSR count). The zero-order chi connectivity index (χ0) is 13.8. The topological polar surface area (TPSA) is 52.6 Å². The molecule has 1 aliphatic carbocycles. The van der Waals surface area contributed by atoms with E-state index in [0.717, 1.165) is 36.8 Å². The second-order valence-corrected chi connectivity index (χ2v) is 7.35. The molecule has 0 unspecified atom stereocenters. The number of carbonyl (C=O) groups is 1. The van der Waals surface area contributed by atoms with Crippen LogP contribution in [0.1, 0.15) is 39.5 Å². The summed E-state index contributed by atoms with van der Waals surface area (Å²) < 4.78 is 0. The number of amides is 2. The summed E-state index contributed by atoms with van der Waals surface area (Å²) in [5.41, 5.74) is 0. The highest BCUT2D eigenvalue weighted by Crippen LogP contribution is 2.30. The van der Waals surface area contributed by atoms with E-state index in [2.05, 4.69) is 12.2 Å². The lowest BCUT2D eigenvalue weighted by Gasteiger charge is -2.21. The molecule has 0 bridgehead atoms. The molecule has 0 spiro atoms. The second kappa shape index (κ2) is 6.84. The first-order valence-corrected chi connectivity index (χ1v) is 8.50. The molecular weight excluding hydrogens is 260 g/mol. The molecule has 1 saturated heterocycles. The number of nitrogens with zero attached hydrogens (tertiary/aromatic N) is 1. The minimum atomic E-state index is -0.311. The van der Waals surface area contributed by atoms with Gasteiger partial charge in [-0.2, -0.15) is 11.8 Å². The van der Waals surface area contributed by atoms with Gasteiger partial charge in [-0.1, -0.05) is 6.92 Å². The monoisotopic (exact) mass is 286 g/mol. The second-order valence-electron chi connectivity index (χ2n) is 5.77. The number of hydrogen-bond acceptors (Lipinski definition) is 3. The molecule has 0 aromatic rings. The number of nitrogens with one attached hydrogen (secondary N) is 1. The van der Waals surface area contributed by atoms with Gasteiger partial charge in [0.2, 0.25) is 0 Å². The van der Waals surface area contributed by atoms with Crippen molar-refractivity contribution in [2.75, 3.05) is 18.8 Å². The van der Waals surface area contributed by atoms with Gasteiger partial charge in [-0.15, -0.1) is 0 Å². The van der Waals surface area contributed by atoms with Crippen LogP contribution in [0.5, 0.6) is 0 Å². The normalized spacial score (nSPS) is 32.6. The number of likely N-dealkylation sites (tertiary alicyclic amines) is 1. The van der Waals surface area contributed by atoms with E-state index in [1.54, 1.807) is 0 Å². The summed E-state index contributed by atoms with van der Waals surface area (Å²) in [4.78, 5) is 14.0. The van der Waals surface area contributed by atoms with E-state index in [1.807, 2.05) is 23.6 Å². The molecule has 2 fully saturated rings. The standard InChI is InChI=1S/C14H26N2O2S/c1-3-19-13-5-4-12(8-13)15-14(18)16-7-6-11(9-16)10(2)17/h10-13,17H,3-9H2,1-2H3,(H,15,18)/t10-,11+,12-,13+/m0/s1. The van der Waals surface area contributed by atoms with Gasteiger partial charge in [-0.05, 0) is 38.4 Å². The van der Waals surface area contributed by atoms with E-state index in [-0.39, 0.29) is 18.1 Å². The quantitative estimate of drug-likeness (QED) is 0.832. The van der Waals surface area contributed by atoms with Crippen molar-refractivity contribution in [1.82, 2.24) is 10.2 Å². The van der Waals surface area contributed by atoms with Crippen LogP contribution in [0, 0.1) is 5.92 Å². The molecule has 0 aromatic heterocycles. The third-order valence-corrected chi connectivity index (χ3v) is 5.54. The van der Waals surface area contributed by atoms with Crippen LogP contribution in [0.15, 0.2) is 0 Å². The number of rotatable bonds is 4. The summed E-state index contributed by atoms with van der Waals surface area (Å²) in [6.07, 6.45) is 4.05. The predicted octanol–water partition coefficient (Wildman–Crippen LogP) is 2.07. The molecular formula is C14H26N2O2S. The van der Waals surface area contributed by atoms with E-state index < -0.39 is 0 Å². The zero-order valence-electron chi connectivity index (χ0n) is 12.0. The van der Waals surface area contributed by atoms with Gasteiger partial charge >= 0.3 is 6.03 Å². The average Bonchev–Trinajstić information content (AvgIpc) is 2.98. The molecule has 1 heterocycles. The van der Waals surface area contributed by atoms with Crippen molar-refractivity contribution in [3.05, 3.63) is 0 Å². The van der Waals surface area contributed by atoms with Crippen LogP contribution in [0.4, 0.5) is 4.79 Å². The average molecular weight is 286 g/mol. The number of aliphatic hydroxyl groups excluding tert-OH is 1. The van der Waals surface area contributed by atoms with E-state index in [1.165, 1.54) is 6.42 Å². The summed E-state index contributed by atoms with van der Waals surface area (Å²) in [6.45, 7) is 5.48. The Balaban J connectivity index is 1.73. The first-order chi connectivity index (χ1) is 9.10. The van der Waals surface area contributed by atoms with E-state index in [4.69, 9.17) is 0 Å². The van der Waals surface area contributed by atoms with Gasteiger partial charge in [0.05, 0.1) is 6.10 Å². The van der Waals surface area contributed by atoms with Crippen molar-refractivity contribution < 1.29 is 9.90 Å². The molecule has 1 saturated carbocycles. The maximum Gasteiger partial charge on any atom is 0.317 e. The molecule has 110 valence electrons. The van der Waals surface area contributed by atoms with Gasteiger partial charge in [0.1, 0.15) is 0 Å². The van der Waals surface area contributed by atoms with E-state index in [9.17, 15) is 9.90 Å². The summed E-state index contributed by atoms with van der Waals surface area (Å²) in [6, 6.07) is 0.414. The summed E-state index contributed by atoms with van der Waals surface area (Å²) in [5, 5.41) is 13.5. The van der Waals surface area contributed by atoms with Gasteiger partial charge in [0.25, 0.3) is 0 Å². The Hall–Kier alpha value is -0.420. The van der Waals surface area contributed by atoms with Crippen molar-refractivity contribution in [3.8, 4) is 0 Å². The van der Waals surface area contributed by atoms with Crippen LogP contribution in [0.25, 0.3) is 0 Å². The molecule has 5 heteroatoms. The van der Waals surface area contributed by atoms with Crippen LogP contribution >= 0.6 is 11.8 Å². The Morgan fingerprint density at radius 2 is 2.26 bits per heavy atom. The van der Waals surface area contributed by atoms with Gasteiger partial charge < -0.3 is 15.3 Å². The SMILES string of the molecule is CCS[C@@H]1CC[C@H](NC(=O)N2CC[C@@H]([C@H](C)O)C2)C1. The number of carbonyl (C=O) groups excluding carboxylic acids is 1. The van der Waals surface area contributed by atoms with Crippen LogP contribution in [0.3, 0.4) is 0 Å². The highest BCUT2D eigenvalue weighted by molar-refractivity contribution is 7.99. The summed E-state index contributed by atoms with van der Waals surface area (Å²) >= 11 is 2.01. The minimum absolute atomic E-state index is 0.0651. The van der Waals surface area contributed by atoms with E-state index >= 15 is 0 Å². The fourth-order valence-corrected chi connectivity index (χ4v) is 4.23. The minimum Gasteiger partial charge on any atom is -0.393 e. The predicted molar refractivity (Wildman–Crippen MR) is 79.5 cm³/mol. The van der Waals surface area contributed by atoms with Crippen LogP contribution in [-0.4, -0.2) is 52.3 Å². The van der Waals surface area contributed by atoms with Crippen molar-refractivity contribution >= 4 is 17.8 Å². The first kappa shape index (κ1) is 15.0. The first-order valence-electron chi connectivity index (χ1n) is 7.45. The Morgan fingerprint density at radius 1 is 1.47 bits per heavy atom. The number of urea groups is 1. The number of hydrogen-bond donors (Lipinski definition) is 2. The molecule has 4 nitrogen and oxygen atoms in total. The molecule has 0 aromatic carbocycles. The van der Waals surface area contributed by atoms with Crippen molar-refractivity contribution in [2.45, 2.75) is 56.9 Å². The van der Waals surface area contributed by atoms with Gasteiger partial charge in [-0.25, -0.2) is 4.79 Å². The van der Waals surface area contributed by atoms with Crippen LogP contribution in [-0.2, 0) is 0 Å². The van der Waals surface area contributed by atoms with Gasteiger partial charge in [0, 0.05) is 30.3 Å². The van der Waals surface area contributed by atoms with Crippen molar-refractivity contribution in [1.29, 1.82) is 0 Å².